The third kappa shape index (κ3) is 4.03. The number of benzene rings is 1. The van der Waals surface area contributed by atoms with Gasteiger partial charge in [-0.05, 0) is 25.0 Å². The van der Waals surface area contributed by atoms with Gasteiger partial charge in [0.05, 0.1) is 30.2 Å². The number of hydrogen-bond donors (Lipinski definition) is 2. The van der Waals surface area contributed by atoms with Crippen LogP contribution in [0.25, 0.3) is 21.3 Å². The number of fused-ring (bicyclic) bond motifs is 1. The van der Waals surface area contributed by atoms with Crippen LogP contribution >= 0.6 is 11.3 Å². The lowest BCUT2D eigenvalue weighted by Gasteiger charge is -2.09. The molecule has 1 amide bonds. The zero-order valence-corrected chi connectivity index (χ0v) is 19.8. The molecule has 10 heteroatoms. The van der Waals surface area contributed by atoms with Crippen molar-refractivity contribution in [3.05, 3.63) is 74.4 Å². The highest BCUT2D eigenvalue weighted by molar-refractivity contribution is 7.19. The van der Waals surface area contributed by atoms with Crippen molar-refractivity contribution in [2.45, 2.75) is 27.2 Å². The highest BCUT2D eigenvalue weighted by Gasteiger charge is 2.25. The number of amides is 1. The number of aromatic amines is 1. The van der Waals surface area contributed by atoms with E-state index in [-0.39, 0.29) is 29.2 Å². The molecule has 0 fully saturated rings. The highest BCUT2D eigenvalue weighted by Crippen LogP contribution is 2.35. The summed E-state index contributed by atoms with van der Waals surface area (Å²) < 4.78 is 5.84. The van der Waals surface area contributed by atoms with Crippen molar-refractivity contribution in [1.29, 1.82) is 0 Å². The van der Waals surface area contributed by atoms with Crippen LogP contribution in [0.3, 0.4) is 0 Å². The van der Waals surface area contributed by atoms with E-state index in [4.69, 9.17) is 4.74 Å². The number of ketones is 1. The summed E-state index contributed by atoms with van der Waals surface area (Å²) in [7, 11) is 1.22. The number of esters is 1. The van der Waals surface area contributed by atoms with Crippen LogP contribution in [0.5, 0.6) is 0 Å². The van der Waals surface area contributed by atoms with Gasteiger partial charge in [0.1, 0.15) is 11.2 Å². The van der Waals surface area contributed by atoms with E-state index in [2.05, 4.69) is 15.4 Å². The van der Waals surface area contributed by atoms with Crippen molar-refractivity contribution < 1.29 is 19.1 Å². The minimum Gasteiger partial charge on any atom is -0.465 e. The molecule has 0 bridgehead atoms. The SMILES string of the molecule is COC(=O)c1c(CC(=O)Nn2cnc3sc(C)c(-c4ccccc4)c3c2=O)[nH]c(C(C)=O)c1C. The fourth-order valence-corrected chi connectivity index (χ4v) is 4.99. The maximum atomic E-state index is 13.3. The van der Waals surface area contributed by atoms with Crippen LogP contribution < -0.4 is 11.0 Å². The number of thiophene rings is 1. The number of hydrogen-bond acceptors (Lipinski definition) is 7. The van der Waals surface area contributed by atoms with Gasteiger partial charge in [0, 0.05) is 23.1 Å². The average molecular weight is 479 g/mol. The van der Waals surface area contributed by atoms with E-state index < -0.39 is 17.4 Å². The topological polar surface area (TPSA) is 123 Å². The van der Waals surface area contributed by atoms with E-state index >= 15 is 0 Å². The van der Waals surface area contributed by atoms with Crippen molar-refractivity contribution in [3.8, 4) is 11.1 Å². The molecule has 0 unspecified atom stereocenters. The molecule has 0 aliphatic rings. The number of carbonyl (C=O) groups is 3. The molecule has 0 saturated carbocycles. The lowest BCUT2D eigenvalue weighted by molar-refractivity contribution is -0.116. The van der Waals surface area contributed by atoms with Crippen molar-refractivity contribution in [1.82, 2.24) is 14.6 Å². The Hall–Kier alpha value is -4.05. The van der Waals surface area contributed by atoms with Gasteiger partial charge in [-0.2, -0.15) is 0 Å². The van der Waals surface area contributed by atoms with Gasteiger partial charge in [-0.15, -0.1) is 11.3 Å². The lowest BCUT2D eigenvalue weighted by Crippen LogP contribution is -2.34. The van der Waals surface area contributed by atoms with Gasteiger partial charge in [-0.3, -0.25) is 19.8 Å². The predicted molar refractivity (Wildman–Crippen MR) is 129 cm³/mol. The van der Waals surface area contributed by atoms with Crippen molar-refractivity contribution in [2.75, 3.05) is 12.5 Å². The summed E-state index contributed by atoms with van der Waals surface area (Å²) in [5, 5.41) is 0.418. The number of nitrogens with zero attached hydrogens (tertiary/aromatic N) is 2. The largest absolute Gasteiger partial charge is 0.465 e. The van der Waals surface area contributed by atoms with Gasteiger partial charge in [-0.1, -0.05) is 30.3 Å². The number of methoxy groups -OCH3 is 1. The van der Waals surface area contributed by atoms with Crippen LogP contribution in [0, 0.1) is 13.8 Å². The molecule has 9 nitrogen and oxygen atoms in total. The third-order valence-corrected chi connectivity index (χ3v) is 6.52. The van der Waals surface area contributed by atoms with E-state index in [0.29, 0.717) is 15.8 Å². The predicted octanol–water partition coefficient (Wildman–Crippen LogP) is 3.37. The smallest absolute Gasteiger partial charge is 0.339 e. The third-order valence-electron chi connectivity index (χ3n) is 5.50. The van der Waals surface area contributed by atoms with Gasteiger partial charge in [0.2, 0.25) is 5.91 Å². The van der Waals surface area contributed by atoms with Crippen molar-refractivity contribution in [3.63, 3.8) is 0 Å². The highest BCUT2D eigenvalue weighted by atomic mass is 32.1. The Bertz CT molecular complexity index is 1500. The van der Waals surface area contributed by atoms with E-state index in [1.165, 1.54) is 31.7 Å². The Balaban J connectivity index is 1.69. The molecule has 1 aromatic carbocycles. The first-order chi connectivity index (χ1) is 16.2. The Morgan fingerprint density at radius 1 is 1.18 bits per heavy atom. The normalized spacial score (nSPS) is 10.9. The number of aryl methyl sites for hydroxylation is 1. The maximum absolute atomic E-state index is 13.3. The second-order valence-corrected chi connectivity index (χ2v) is 8.94. The Morgan fingerprint density at radius 3 is 2.53 bits per heavy atom. The molecule has 34 heavy (non-hydrogen) atoms. The number of nitrogens with one attached hydrogen (secondary N) is 2. The van der Waals surface area contributed by atoms with Gasteiger partial charge in [-0.25, -0.2) is 14.5 Å². The van der Waals surface area contributed by atoms with Gasteiger partial charge in [0.25, 0.3) is 5.56 Å². The Morgan fingerprint density at radius 2 is 1.88 bits per heavy atom. The summed E-state index contributed by atoms with van der Waals surface area (Å²) in [5.74, 6) is -1.51. The number of Topliss-reactive ketones (excluding diaryl/α,β-unsaturated/α-hetero) is 1. The summed E-state index contributed by atoms with van der Waals surface area (Å²) in [5.41, 5.74) is 4.77. The summed E-state index contributed by atoms with van der Waals surface area (Å²) >= 11 is 1.41. The minimum absolute atomic E-state index is 0.128. The molecule has 0 aliphatic heterocycles. The molecule has 3 aromatic heterocycles. The number of H-pyrrole nitrogens is 1. The van der Waals surface area contributed by atoms with Gasteiger partial charge >= 0.3 is 5.97 Å². The Kier molecular flexibility index (Phi) is 6.16. The van der Waals surface area contributed by atoms with Crippen molar-refractivity contribution >= 4 is 39.2 Å². The fraction of sp³-hybridized carbons (Fsp3) is 0.208. The van der Waals surface area contributed by atoms with Crippen LogP contribution in [0.2, 0.25) is 0 Å². The standard InChI is InChI=1S/C24H22N4O5S/c1-12-18(24(32)33-4)16(26-21(12)13(2)29)10-17(30)27-28-11-25-22-20(23(28)31)19(14(3)34-22)15-8-6-5-7-9-15/h5-9,11,26H,10H2,1-4H3,(H,27,30). The van der Waals surface area contributed by atoms with Crippen molar-refractivity contribution in [2.24, 2.45) is 0 Å². The molecular formula is C24H22N4O5S. The van der Waals surface area contributed by atoms with E-state index in [1.807, 2.05) is 37.3 Å². The molecule has 174 valence electrons. The monoisotopic (exact) mass is 478 g/mol. The molecule has 0 saturated heterocycles. The molecular weight excluding hydrogens is 456 g/mol. The van der Waals surface area contributed by atoms with Crippen LogP contribution in [0.15, 0.2) is 41.5 Å². The summed E-state index contributed by atoms with van der Waals surface area (Å²) in [6.45, 7) is 4.89. The maximum Gasteiger partial charge on any atom is 0.339 e. The summed E-state index contributed by atoms with van der Waals surface area (Å²) in [4.78, 5) is 59.0. The molecule has 3 heterocycles. The summed E-state index contributed by atoms with van der Waals surface area (Å²) in [6.07, 6.45) is 0.979. The van der Waals surface area contributed by atoms with E-state index in [0.717, 1.165) is 20.7 Å². The average Bonchev–Trinajstić information content (AvgIpc) is 3.32. The molecule has 0 aliphatic carbocycles. The zero-order valence-electron chi connectivity index (χ0n) is 19.0. The molecule has 0 radical (unpaired) electrons. The molecule has 0 atom stereocenters. The van der Waals surface area contributed by atoms with E-state index in [1.54, 1.807) is 6.92 Å². The first-order valence-electron chi connectivity index (χ1n) is 10.4. The van der Waals surface area contributed by atoms with E-state index in [9.17, 15) is 19.2 Å². The summed E-state index contributed by atoms with van der Waals surface area (Å²) in [6, 6.07) is 9.51. The zero-order chi connectivity index (χ0) is 24.6. The first-order valence-corrected chi connectivity index (χ1v) is 11.2. The number of rotatable bonds is 6. The van der Waals surface area contributed by atoms with Crippen LogP contribution in [-0.2, 0) is 16.0 Å². The van der Waals surface area contributed by atoms with Crippen LogP contribution in [-0.4, -0.2) is 39.4 Å². The Labute approximate surface area is 198 Å². The van der Waals surface area contributed by atoms with Crippen LogP contribution in [0.1, 0.15) is 43.9 Å². The molecule has 2 N–H and O–H groups in total. The second-order valence-electron chi connectivity index (χ2n) is 7.74. The van der Waals surface area contributed by atoms with Gasteiger partial charge in [0.15, 0.2) is 5.78 Å². The molecule has 4 rings (SSSR count). The fourth-order valence-electron chi connectivity index (χ4n) is 3.99. The number of carbonyl (C=O) groups excluding carboxylic acids is 3. The second kappa shape index (κ2) is 9.06. The number of aromatic nitrogens is 3. The molecule has 4 aromatic rings. The van der Waals surface area contributed by atoms with Gasteiger partial charge < -0.3 is 9.72 Å². The molecule has 0 spiro atoms. The first kappa shape index (κ1) is 23.1. The quantitative estimate of drug-likeness (QED) is 0.324. The lowest BCUT2D eigenvalue weighted by atomic mass is 10.0. The minimum atomic E-state index is -0.662. The van der Waals surface area contributed by atoms with Crippen LogP contribution in [0.4, 0.5) is 0 Å². The number of ether oxygens (including phenoxy) is 1.